The first-order valence-corrected chi connectivity index (χ1v) is 43.0. The molecule has 0 aliphatic carbocycles. The van der Waals surface area contributed by atoms with Gasteiger partial charge >= 0.3 is 5.97 Å². The number of hydrogen-bond acceptors (Lipinski definition) is 20. The van der Waals surface area contributed by atoms with Crippen molar-refractivity contribution in [3.63, 3.8) is 0 Å². The van der Waals surface area contributed by atoms with Gasteiger partial charge in [0.2, 0.25) is 88.6 Å². The number of amides is 15. The second-order valence-electron chi connectivity index (χ2n) is 32.5. The van der Waals surface area contributed by atoms with Crippen LogP contribution in [0.3, 0.4) is 0 Å². The lowest BCUT2D eigenvalue weighted by Gasteiger charge is -2.37. The van der Waals surface area contributed by atoms with Crippen LogP contribution in [0.2, 0.25) is 0 Å². The van der Waals surface area contributed by atoms with Crippen LogP contribution in [0.5, 0.6) is 11.5 Å². The van der Waals surface area contributed by atoms with Crippen LogP contribution in [0.1, 0.15) is 100 Å². The molecule has 36 nitrogen and oxygen atoms in total. The second-order valence-corrected chi connectivity index (χ2v) is 33.6. The third kappa shape index (κ3) is 27.4. The van der Waals surface area contributed by atoms with E-state index in [2.05, 4.69) is 52.8 Å². The van der Waals surface area contributed by atoms with Gasteiger partial charge in [-0.1, -0.05) is 145 Å². The number of carbonyl (C=O) groups excluding carboxylic acids is 15. The number of H-pyrrole nitrogens is 1. The van der Waals surface area contributed by atoms with Crippen LogP contribution in [-0.2, 0) is 115 Å². The smallest absolute Gasteiger partial charge is 0.305 e. The third-order valence-electron chi connectivity index (χ3n) is 22.0. The molecule has 678 valence electrons. The van der Waals surface area contributed by atoms with Gasteiger partial charge in [0.15, 0.2) is 0 Å². The number of fused-ring (bicyclic) bond motifs is 5. The van der Waals surface area contributed by atoms with Gasteiger partial charge < -0.3 is 103 Å². The number of likely N-dealkylation sites (N-methyl/N-ethyl adjacent to an activating group) is 4. The van der Waals surface area contributed by atoms with Gasteiger partial charge in [0.25, 0.3) is 0 Å². The number of primary amides is 1. The maximum absolute atomic E-state index is 15.5. The normalized spacial score (nSPS) is 22.3. The molecule has 0 spiro atoms. The summed E-state index contributed by atoms with van der Waals surface area (Å²) in [5.41, 5.74) is 8.45. The van der Waals surface area contributed by atoms with Crippen molar-refractivity contribution in [1.82, 2.24) is 72.4 Å². The van der Waals surface area contributed by atoms with Crippen LogP contribution >= 0.6 is 11.8 Å². The highest BCUT2D eigenvalue weighted by Crippen LogP contribution is 2.33. The minimum atomic E-state index is -1.90. The van der Waals surface area contributed by atoms with Crippen LogP contribution in [0.4, 0.5) is 5.69 Å². The largest absolute Gasteiger partial charge is 0.508 e. The number of para-hydroxylation sites is 1. The molecular formula is C90H112N16O20S. The first kappa shape index (κ1) is 97.2. The fourth-order valence-corrected chi connectivity index (χ4v) is 16.0. The van der Waals surface area contributed by atoms with Crippen molar-refractivity contribution in [3.8, 4) is 11.5 Å². The molecule has 7 aromatic rings. The van der Waals surface area contributed by atoms with E-state index in [4.69, 9.17) is 10.2 Å². The van der Waals surface area contributed by atoms with E-state index in [0.29, 0.717) is 51.6 Å². The first-order valence-electron chi connectivity index (χ1n) is 41.8. The number of rotatable bonds is 21. The number of carboxylic acids is 1. The van der Waals surface area contributed by atoms with E-state index in [9.17, 15) is 53.7 Å². The van der Waals surface area contributed by atoms with Crippen LogP contribution in [-0.4, -0.2) is 260 Å². The molecule has 0 radical (unpaired) electrons. The maximum atomic E-state index is 15.5. The minimum absolute atomic E-state index is 0.0225. The van der Waals surface area contributed by atoms with E-state index in [-0.39, 0.29) is 80.2 Å². The fraction of sp³-hybridized carbons (Fsp3) is 0.422. The van der Waals surface area contributed by atoms with Crippen LogP contribution in [0, 0.1) is 11.8 Å². The zero-order valence-corrected chi connectivity index (χ0v) is 73.1. The number of phenolic OH excluding ortho intramolecular Hbond substituents is 2. The Labute approximate surface area is 738 Å². The summed E-state index contributed by atoms with van der Waals surface area (Å²) in [6.45, 7) is 6.05. The molecule has 15 N–H and O–H groups in total. The Balaban J connectivity index is 1.11. The summed E-state index contributed by atoms with van der Waals surface area (Å²) in [6.07, 6.45) is 1.26. The number of aromatic hydroxyl groups is 2. The van der Waals surface area contributed by atoms with E-state index in [1.165, 1.54) is 76.9 Å². The predicted octanol–water partition coefficient (Wildman–Crippen LogP) is 1.81. The monoisotopic (exact) mass is 1770 g/mol. The molecule has 11 atom stereocenters. The number of nitrogens with zero attached hydrogens (tertiary/aromatic N) is 5. The molecule has 0 unspecified atom stereocenters. The molecule has 2 aromatic heterocycles. The number of hydrogen-bond donors (Lipinski definition) is 14. The van der Waals surface area contributed by atoms with E-state index in [1.54, 1.807) is 131 Å². The van der Waals surface area contributed by atoms with Gasteiger partial charge in [0, 0.05) is 95.6 Å². The van der Waals surface area contributed by atoms with Gasteiger partial charge in [0.05, 0.1) is 37.2 Å². The molecule has 37 heteroatoms. The second kappa shape index (κ2) is 45.9. The van der Waals surface area contributed by atoms with Gasteiger partial charge in [0.1, 0.15) is 90.3 Å². The lowest BCUT2D eigenvalue weighted by Crippen LogP contribution is -2.62. The van der Waals surface area contributed by atoms with Crippen molar-refractivity contribution in [2.45, 2.75) is 172 Å². The van der Waals surface area contributed by atoms with Gasteiger partial charge in [-0.3, -0.25) is 76.7 Å². The standard InChI is InChI=1S/C90H112N16O20S/c1-10-11-28-70-88(123)102(6)47-75(110)95-66(44-78(113)114)84(119)101-79(52(4)5)90(125)104(8)72(38-53-21-14-12-15-22-53)85(120)99-67-40-56-31-34-59(108)42-71(56)106(87(67)122)48-76(111)94-65(41-57-45-92-62-27-19-18-26-61(57)62)83(118)98-64(37-55-29-32-58(107)33-30-55)82(117)97-63(36-51(2)3)81(116)100-69(80(115)93-46-74(91)109)49-127-50-77(112)96-68(43-60-25-20-35-126-60)86(121)105(9)73(89(124)103(70)7)39-54-23-16-13-17-24-54/h12-27,29-35,42,45,51-52,63-70,72-73,79,92,107-108H,10-11,28,36-41,43-44,46-50H2,1-9H3,(H2,91,109)(H,93,115)(H,94,111)(H,95,110)(H,96,112)(H,97,117)(H,98,118)(H,99,120)(H,100,116)(H,101,119)(H,113,114)/t63-,64-,65-,66-,67-,68-,69-,70-,72-,73-,79-/m0/s1. The molecule has 1 saturated heterocycles. The number of nitrogens with one attached hydrogen (secondary N) is 10. The zero-order chi connectivity index (χ0) is 92.5. The number of phenols is 2. The number of nitrogens with two attached hydrogens (primary N) is 1. The number of furan rings is 1. The summed E-state index contributed by atoms with van der Waals surface area (Å²) in [4.78, 5) is 243. The van der Waals surface area contributed by atoms with Gasteiger partial charge in [-0.2, -0.15) is 0 Å². The fourth-order valence-electron chi connectivity index (χ4n) is 15.1. The number of unbranched alkanes of at least 4 members (excludes halogenated alkanes) is 1. The number of benzene rings is 5. The molecule has 5 aromatic carbocycles. The molecule has 2 aliphatic heterocycles. The molecule has 4 heterocycles. The Morgan fingerprint density at radius 2 is 1.12 bits per heavy atom. The Bertz CT molecular complexity index is 5090. The Morgan fingerprint density at radius 1 is 0.543 bits per heavy atom. The van der Waals surface area contributed by atoms with Crippen molar-refractivity contribution in [1.29, 1.82) is 0 Å². The predicted molar refractivity (Wildman–Crippen MR) is 469 cm³/mol. The quantitative estimate of drug-likeness (QED) is 0.0488. The highest BCUT2D eigenvalue weighted by Gasteiger charge is 2.44. The zero-order valence-electron chi connectivity index (χ0n) is 72.3. The summed E-state index contributed by atoms with van der Waals surface area (Å²) < 4.78 is 5.67. The first-order chi connectivity index (χ1) is 60.5. The lowest BCUT2D eigenvalue weighted by molar-refractivity contribution is -0.151. The van der Waals surface area contributed by atoms with Crippen LogP contribution in [0.15, 0.2) is 156 Å². The third-order valence-corrected chi connectivity index (χ3v) is 23.0. The van der Waals surface area contributed by atoms with E-state index in [0.717, 1.165) is 36.3 Å². The average molecular weight is 1770 g/mol. The van der Waals surface area contributed by atoms with Crippen molar-refractivity contribution in [3.05, 3.63) is 186 Å². The summed E-state index contributed by atoms with van der Waals surface area (Å²) in [6, 6.07) is 19.9. The number of thioether (sulfide) groups is 1. The van der Waals surface area contributed by atoms with Gasteiger partial charge in [-0.25, -0.2) is 0 Å². The Morgan fingerprint density at radius 3 is 1.75 bits per heavy atom. The number of aliphatic carboxylic acids is 1. The number of aromatic amines is 1. The molecular weight excluding hydrogens is 1660 g/mol. The molecule has 2 aliphatic rings. The minimum Gasteiger partial charge on any atom is -0.508 e. The van der Waals surface area contributed by atoms with Crippen LogP contribution < -0.4 is 58.5 Å². The van der Waals surface area contributed by atoms with Gasteiger partial charge in [-0.15, -0.1) is 11.8 Å². The Hall–Kier alpha value is -13.6. The number of anilines is 1. The maximum Gasteiger partial charge on any atom is 0.305 e. The Kier molecular flexibility index (Phi) is 35.1. The average Bonchev–Trinajstić information content (AvgIpc) is 1.14. The highest BCUT2D eigenvalue weighted by atomic mass is 32.2. The van der Waals surface area contributed by atoms with Gasteiger partial charge in [-0.05, 0) is 88.9 Å². The summed E-state index contributed by atoms with van der Waals surface area (Å²) in [7, 11) is 5.23. The summed E-state index contributed by atoms with van der Waals surface area (Å²) in [5, 5.41) is 56.0. The molecule has 9 rings (SSSR count). The van der Waals surface area contributed by atoms with E-state index >= 15 is 38.4 Å². The number of carboxylic acid groups (broad SMARTS) is 1. The molecule has 1 fully saturated rings. The van der Waals surface area contributed by atoms with Crippen molar-refractivity contribution >= 4 is 123 Å². The van der Waals surface area contributed by atoms with E-state index in [1.807, 2.05) is 6.92 Å². The number of carbonyl (C=O) groups is 16. The molecule has 2 bridgehead atoms. The van der Waals surface area contributed by atoms with Crippen LogP contribution in [0.25, 0.3) is 10.9 Å². The molecule has 15 amide bonds. The summed E-state index contributed by atoms with van der Waals surface area (Å²) in [5.74, 6) is -17.7. The highest BCUT2D eigenvalue weighted by molar-refractivity contribution is 8.00. The van der Waals surface area contributed by atoms with E-state index < -0.39 is 205 Å². The molecule has 0 saturated carbocycles. The summed E-state index contributed by atoms with van der Waals surface area (Å²) >= 11 is 0.805. The molecule has 127 heavy (non-hydrogen) atoms. The van der Waals surface area contributed by atoms with Crippen molar-refractivity contribution < 1.29 is 96.4 Å². The number of aromatic nitrogens is 1. The SMILES string of the molecule is CCCC[C@H]1C(=O)N(C)CC(=O)N[C@@H](CC(=O)O)C(=O)N[C@@H](C(C)C)C(=O)N(C)[C@@H](Cc2ccccc2)C(=O)N[C@H]2Cc3ccc(O)cc3N(CC(=O)N[C@@H](Cc3c[nH]c4ccccc34)C(=O)N[C@@H](Cc3ccc(O)cc3)C(=O)N[C@@H](CC(C)C)C(=O)N[C@H](C(=O)NCC(N)=O)CSCC(=O)N[C@@H](Cc3ccco3)C(=O)N(C)[C@@H](Cc3ccccc3)C(=O)N1C)C2=O. The topological polar surface area (TPSA) is 513 Å². The van der Waals surface area contributed by atoms with Crippen molar-refractivity contribution in [2.24, 2.45) is 17.6 Å². The van der Waals surface area contributed by atoms with Crippen molar-refractivity contribution in [2.75, 3.05) is 64.2 Å². The lowest BCUT2D eigenvalue weighted by atomic mass is 9.95.